The van der Waals surface area contributed by atoms with E-state index in [0.29, 0.717) is 0 Å². The molecule has 8 heavy (non-hydrogen) atoms. The van der Waals surface area contributed by atoms with Gasteiger partial charge >= 0.3 is 12.0 Å². The van der Waals surface area contributed by atoms with Gasteiger partial charge in [-0.15, -0.1) is 0 Å². The van der Waals surface area contributed by atoms with Crippen molar-refractivity contribution < 1.29 is 14.4 Å². The van der Waals surface area contributed by atoms with Crippen LogP contribution in [0.5, 0.6) is 0 Å². The van der Waals surface area contributed by atoms with Crippen molar-refractivity contribution in [3.8, 4) is 0 Å². The molecule has 2 N–H and O–H groups in total. The summed E-state index contributed by atoms with van der Waals surface area (Å²) in [7, 11) is 0. The molecule has 1 heterocycles. The maximum atomic E-state index is 10.1. The molecule has 1 fully saturated rings. The average molecular weight is 116 g/mol. The second kappa shape index (κ2) is 1.69. The van der Waals surface area contributed by atoms with Crippen LogP contribution in [0, 0.1) is 0 Å². The summed E-state index contributed by atoms with van der Waals surface area (Å²) < 4.78 is 0. The topological polar surface area (TPSA) is 67.4 Å². The number of amides is 2. The first-order chi connectivity index (χ1) is 3.79. The summed E-state index contributed by atoms with van der Waals surface area (Å²) in [6, 6.07) is -0.482. The van der Waals surface area contributed by atoms with Crippen molar-refractivity contribution in [3.63, 3.8) is 0 Å². The van der Waals surface area contributed by atoms with Gasteiger partial charge in [-0.25, -0.2) is 9.59 Å². The van der Waals surface area contributed by atoms with Gasteiger partial charge in [-0.3, -0.25) is 0 Å². The quantitative estimate of drug-likeness (QED) is 0.416. The van der Waals surface area contributed by atoms with Gasteiger partial charge in [0.25, 0.3) is 0 Å². The van der Waals surface area contributed by atoms with Crippen molar-refractivity contribution in [2.24, 2.45) is 0 Å². The number of nitrogens with one attached hydrogen (secondary N) is 2. The Bertz CT molecular complexity index is 104. The van der Waals surface area contributed by atoms with Gasteiger partial charge < -0.3 is 10.2 Å². The van der Waals surface area contributed by atoms with E-state index in [1.807, 2.05) is 5.48 Å². The van der Waals surface area contributed by atoms with Crippen molar-refractivity contribution in [1.29, 1.82) is 0 Å². The maximum Gasteiger partial charge on any atom is 0.351 e. The summed E-state index contributed by atoms with van der Waals surface area (Å²) in [5.41, 5.74) is 1.83. The second-order valence-corrected chi connectivity index (χ2v) is 1.26. The van der Waals surface area contributed by atoms with Crippen LogP contribution >= 0.6 is 0 Å². The number of urea groups is 1. The fourth-order valence-electron chi connectivity index (χ4n) is 0.328. The lowest BCUT2D eigenvalue weighted by Crippen LogP contribution is -2.46. The van der Waals surface area contributed by atoms with Crippen molar-refractivity contribution in [3.05, 3.63) is 0 Å². The van der Waals surface area contributed by atoms with Crippen LogP contribution in [-0.2, 0) is 9.63 Å². The molecule has 0 unspecified atom stereocenters. The molecule has 5 nitrogen and oxygen atoms in total. The number of hydrogen-bond acceptors (Lipinski definition) is 3. The van der Waals surface area contributed by atoms with Crippen molar-refractivity contribution in [1.82, 2.24) is 10.8 Å². The first-order valence-corrected chi connectivity index (χ1v) is 2.02. The number of rotatable bonds is 0. The molecule has 0 spiro atoms. The highest BCUT2D eigenvalue weighted by atomic mass is 16.7. The molecule has 44 valence electrons. The van der Waals surface area contributed by atoms with Gasteiger partial charge in [-0.05, 0) is 0 Å². The molecule has 0 aliphatic carbocycles. The van der Waals surface area contributed by atoms with Crippen molar-refractivity contribution in [2.75, 3.05) is 6.54 Å². The van der Waals surface area contributed by atoms with E-state index in [1.165, 1.54) is 0 Å². The summed E-state index contributed by atoms with van der Waals surface area (Å²) in [4.78, 5) is 24.3. The van der Waals surface area contributed by atoms with Crippen LogP contribution in [0.4, 0.5) is 4.79 Å². The molecule has 0 aromatic rings. The second-order valence-electron chi connectivity index (χ2n) is 1.26. The van der Waals surface area contributed by atoms with E-state index < -0.39 is 12.0 Å². The Hall–Kier alpha value is -1.26. The fourth-order valence-corrected chi connectivity index (χ4v) is 0.328. The van der Waals surface area contributed by atoms with Crippen LogP contribution in [0.15, 0.2) is 0 Å². The molecule has 5 heteroatoms. The van der Waals surface area contributed by atoms with E-state index in [9.17, 15) is 9.59 Å². The summed E-state index contributed by atoms with van der Waals surface area (Å²) in [6.45, 7) is -0.0498. The molecule has 0 aromatic carbocycles. The lowest BCUT2D eigenvalue weighted by atomic mass is 10.6. The van der Waals surface area contributed by atoms with Crippen molar-refractivity contribution in [2.45, 2.75) is 0 Å². The van der Waals surface area contributed by atoms with Crippen LogP contribution in [-0.4, -0.2) is 18.5 Å². The molecule has 1 rings (SSSR count). The van der Waals surface area contributed by atoms with E-state index in [1.54, 1.807) is 0 Å². The largest absolute Gasteiger partial charge is 0.351 e. The highest BCUT2D eigenvalue weighted by Gasteiger charge is 2.12. The van der Waals surface area contributed by atoms with Crippen LogP contribution in [0.2, 0.25) is 0 Å². The van der Waals surface area contributed by atoms with E-state index in [0.717, 1.165) is 0 Å². The summed E-state index contributed by atoms with van der Waals surface area (Å²) >= 11 is 0. The van der Waals surface area contributed by atoms with Gasteiger partial charge in [0, 0.05) is 0 Å². The lowest BCUT2D eigenvalue weighted by Gasteiger charge is -2.11. The number of hydroxylamine groups is 1. The summed E-state index contributed by atoms with van der Waals surface area (Å²) in [6.07, 6.45) is 0. The molecule has 1 saturated heterocycles. The Morgan fingerprint density at radius 2 is 2.25 bits per heavy atom. The minimum atomic E-state index is -0.482. The van der Waals surface area contributed by atoms with Gasteiger partial charge in [0.05, 0.1) is 0 Å². The van der Waals surface area contributed by atoms with E-state index >= 15 is 0 Å². The van der Waals surface area contributed by atoms with E-state index in [2.05, 4.69) is 10.2 Å². The molecule has 1 aliphatic rings. The smallest absolute Gasteiger partial charge is 0.337 e. The zero-order valence-corrected chi connectivity index (χ0v) is 3.93. The molecule has 1 aliphatic heterocycles. The third-order valence-corrected chi connectivity index (χ3v) is 0.651. The summed E-state index contributed by atoms with van der Waals surface area (Å²) in [5, 5.41) is 2.21. The SMILES string of the molecule is O=C1NCC(=O)ON1. The molecular formula is C3H4N2O3. The molecule has 0 aromatic heterocycles. The Morgan fingerprint density at radius 3 is 2.62 bits per heavy atom. The monoisotopic (exact) mass is 116 g/mol. The number of carbonyl (C=O) groups excluding carboxylic acids is 2. The number of carbonyl (C=O) groups is 2. The predicted octanol–water partition coefficient (Wildman–Crippen LogP) is -1.24. The zero-order chi connectivity index (χ0) is 5.98. The molecule has 2 amide bonds. The fraction of sp³-hybridized carbons (Fsp3) is 0.333. The van der Waals surface area contributed by atoms with Crippen LogP contribution in [0.25, 0.3) is 0 Å². The van der Waals surface area contributed by atoms with Gasteiger partial charge in [-0.2, -0.15) is 5.48 Å². The highest BCUT2D eigenvalue weighted by Crippen LogP contribution is 1.77. The third-order valence-electron chi connectivity index (χ3n) is 0.651. The van der Waals surface area contributed by atoms with Gasteiger partial charge in [0.1, 0.15) is 6.54 Å². The first-order valence-electron chi connectivity index (χ1n) is 2.02. The van der Waals surface area contributed by atoms with Gasteiger partial charge in [0.2, 0.25) is 0 Å². The first kappa shape index (κ1) is 4.89. The van der Waals surface area contributed by atoms with E-state index in [-0.39, 0.29) is 6.54 Å². The molecule has 0 bridgehead atoms. The Kier molecular flexibility index (Phi) is 1.03. The van der Waals surface area contributed by atoms with Crippen LogP contribution < -0.4 is 10.8 Å². The number of hydrogen-bond donors (Lipinski definition) is 2. The zero-order valence-electron chi connectivity index (χ0n) is 3.93. The minimum Gasteiger partial charge on any atom is -0.337 e. The normalized spacial score (nSPS) is 18.5. The van der Waals surface area contributed by atoms with Crippen LogP contribution in [0.1, 0.15) is 0 Å². The molecule has 0 atom stereocenters. The van der Waals surface area contributed by atoms with E-state index in [4.69, 9.17) is 0 Å². The molecular weight excluding hydrogens is 112 g/mol. The van der Waals surface area contributed by atoms with Crippen LogP contribution in [0.3, 0.4) is 0 Å². The molecule has 0 radical (unpaired) electrons. The Morgan fingerprint density at radius 1 is 1.50 bits per heavy atom. The lowest BCUT2D eigenvalue weighted by molar-refractivity contribution is -0.149. The standard InChI is InChI=1S/C3H4N2O3/c6-2-1-4-3(7)5-8-2/h1H2,(H2,4,5,7). The third kappa shape index (κ3) is 0.868. The summed E-state index contributed by atoms with van der Waals surface area (Å²) in [5.74, 6) is -0.482. The Balaban J connectivity index is 2.40. The minimum absolute atomic E-state index is 0.0498. The van der Waals surface area contributed by atoms with Crippen molar-refractivity contribution >= 4 is 12.0 Å². The maximum absolute atomic E-state index is 10.1. The average Bonchev–Trinajstić information content (AvgIpc) is 1.77. The van der Waals surface area contributed by atoms with Gasteiger partial charge in [0.15, 0.2) is 0 Å². The Labute approximate surface area is 45.0 Å². The predicted molar refractivity (Wildman–Crippen MR) is 22.6 cm³/mol. The highest BCUT2D eigenvalue weighted by molar-refractivity contribution is 5.84. The van der Waals surface area contributed by atoms with Gasteiger partial charge in [-0.1, -0.05) is 0 Å². The molecule has 0 saturated carbocycles.